The molecule has 8 heteroatoms. The number of aromatic nitrogens is 1. The monoisotopic (exact) mass is 530 g/mol. The highest BCUT2D eigenvalue weighted by atomic mass is 32.2. The summed E-state index contributed by atoms with van der Waals surface area (Å²) in [5.41, 5.74) is 7.89. The summed E-state index contributed by atoms with van der Waals surface area (Å²) < 4.78 is 32.3. The summed E-state index contributed by atoms with van der Waals surface area (Å²) in [5.74, 6) is -1.15. The van der Waals surface area contributed by atoms with E-state index in [4.69, 9.17) is 10.5 Å². The third-order valence-corrected chi connectivity index (χ3v) is 9.78. The van der Waals surface area contributed by atoms with Crippen molar-refractivity contribution >= 4 is 26.7 Å². The number of rotatable bonds is 8. The van der Waals surface area contributed by atoms with Crippen LogP contribution in [0.1, 0.15) is 36.1 Å². The summed E-state index contributed by atoms with van der Waals surface area (Å²) in [6, 6.07) is 25.2. The molecule has 196 valence electrons. The Morgan fingerprint density at radius 1 is 1.00 bits per heavy atom. The van der Waals surface area contributed by atoms with Crippen molar-refractivity contribution in [1.29, 1.82) is 0 Å². The number of benzene rings is 3. The Balaban J connectivity index is 1.30. The predicted octanol–water partition coefficient (Wildman–Crippen LogP) is 5.00. The van der Waals surface area contributed by atoms with Gasteiger partial charge in [0.2, 0.25) is 0 Å². The topological polar surface area (TPSA) is 120 Å². The van der Waals surface area contributed by atoms with Crippen molar-refractivity contribution in [2.75, 3.05) is 0 Å². The van der Waals surface area contributed by atoms with Gasteiger partial charge in [-0.25, -0.2) is 18.2 Å². The van der Waals surface area contributed by atoms with Gasteiger partial charge in [-0.05, 0) is 74.1 Å². The molecule has 0 aliphatic heterocycles. The summed E-state index contributed by atoms with van der Waals surface area (Å²) in [6.07, 6.45) is 0.961. The maximum Gasteiger partial charge on any atom is 0.328 e. The molecule has 4 aromatic rings. The van der Waals surface area contributed by atoms with E-state index in [1.807, 2.05) is 43.3 Å². The van der Waals surface area contributed by atoms with Gasteiger partial charge in [-0.3, -0.25) is 0 Å². The fraction of sp³-hybridized carbons (Fsp3) is 0.267. The summed E-state index contributed by atoms with van der Waals surface area (Å²) in [7, 11) is -3.59. The molecule has 38 heavy (non-hydrogen) atoms. The lowest BCUT2D eigenvalue weighted by Gasteiger charge is -2.32. The van der Waals surface area contributed by atoms with Crippen LogP contribution in [0.25, 0.3) is 10.9 Å². The Labute approximate surface area is 222 Å². The fourth-order valence-electron chi connectivity index (χ4n) is 5.26. The molecule has 1 heterocycles. The first-order valence-electron chi connectivity index (χ1n) is 12.6. The number of sulfone groups is 1. The van der Waals surface area contributed by atoms with Crippen LogP contribution in [0.3, 0.4) is 0 Å². The van der Waals surface area contributed by atoms with Crippen LogP contribution in [0.15, 0.2) is 89.8 Å². The molecule has 1 aromatic heterocycles. The van der Waals surface area contributed by atoms with E-state index >= 15 is 0 Å². The number of para-hydroxylation sites is 1. The second-order valence-electron chi connectivity index (χ2n) is 9.97. The van der Waals surface area contributed by atoms with Gasteiger partial charge in [-0.15, -0.1) is 0 Å². The number of nitrogens with zero attached hydrogens (tertiary/aromatic N) is 1. The Bertz CT molecular complexity index is 1570. The van der Waals surface area contributed by atoms with Gasteiger partial charge < -0.3 is 15.6 Å². The first-order chi connectivity index (χ1) is 18.2. The Morgan fingerprint density at radius 2 is 1.71 bits per heavy atom. The smallest absolute Gasteiger partial charge is 0.328 e. The number of ether oxygens (including phenoxy) is 1. The number of fused-ring (bicyclic) bond motifs is 1. The Morgan fingerprint density at radius 3 is 2.42 bits per heavy atom. The molecule has 0 radical (unpaired) electrons. The molecule has 1 fully saturated rings. The molecule has 3 N–H and O–H groups in total. The van der Waals surface area contributed by atoms with Gasteiger partial charge in [0, 0.05) is 5.39 Å². The van der Waals surface area contributed by atoms with Crippen LogP contribution in [0.5, 0.6) is 5.75 Å². The van der Waals surface area contributed by atoms with E-state index < -0.39 is 32.5 Å². The van der Waals surface area contributed by atoms with Crippen molar-refractivity contribution in [1.82, 2.24) is 4.98 Å². The minimum atomic E-state index is -3.59. The van der Waals surface area contributed by atoms with Crippen molar-refractivity contribution < 1.29 is 23.1 Å². The molecule has 5 rings (SSSR count). The molecule has 3 atom stereocenters. The van der Waals surface area contributed by atoms with Crippen molar-refractivity contribution in [2.24, 2.45) is 11.7 Å². The third-order valence-electron chi connectivity index (χ3n) is 7.55. The maximum absolute atomic E-state index is 13.2. The van der Waals surface area contributed by atoms with Crippen LogP contribution in [-0.4, -0.2) is 29.7 Å². The second kappa shape index (κ2) is 10.2. The Kier molecular flexibility index (Phi) is 6.94. The zero-order valence-corrected chi connectivity index (χ0v) is 21.9. The molecule has 1 saturated carbocycles. The zero-order chi connectivity index (χ0) is 26.9. The highest BCUT2D eigenvalue weighted by Crippen LogP contribution is 2.43. The van der Waals surface area contributed by atoms with Gasteiger partial charge in [0.1, 0.15) is 17.9 Å². The SMILES string of the molecule is Cc1ccc(S(=O)(=O)C2CCC(C(N)(C(=O)O)c3ccc(OCc4ccc5ccccc5n4)cc3)C2)cc1. The number of aryl methyl sites for hydroxylation is 1. The number of carboxylic acids is 1. The minimum absolute atomic E-state index is 0.185. The van der Waals surface area contributed by atoms with Crippen LogP contribution < -0.4 is 10.5 Å². The number of carbonyl (C=O) groups is 1. The summed E-state index contributed by atoms with van der Waals surface area (Å²) in [5, 5.41) is 10.6. The normalized spacial score (nSPS) is 19.2. The lowest BCUT2D eigenvalue weighted by atomic mass is 9.78. The summed E-state index contributed by atoms with van der Waals surface area (Å²) >= 11 is 0. The van der Waals surface area contributed by atoms with Crippen molar-refractivity contribution in [2.45, 2.75) is 48.5 Å². The molecule has 3 aromatic carbocycles. The number of hydrogen-bond acceptors (Lipinski definition) is 6. The Hall–Kier alpha value is -3.75. The lowest BCUT2D eigenvalue weighted by Crippen LogP contribution is -2.50. The van der Waals surface area contributed by atoms with Crippen LogP contribution in [-0.2, 0) is 26.8 Å². The molecule has 1 aliphatic rings. The molecule has 1 aliphatic carbocycles. The summed E-state index contributed by atoms with van der Waals surface area (Å²) in [4.78, 5) is 17.3. The van der Waals surface area contributed by atoms with E-state index in [1.54, 1.807) is 48.5 Å². The van der Waals surface area contributed by atoms with Crippen molar-refractivity contribution in [3.05, 3.63) is 102 Å². The van der Waals surface area contributed by atoms with Gasteiger partial charge in [-0.2, -0.15) is 0 Å². The van der Waals surface area contributed by atoms with E-state index in [9.17, 15) is 18.3 Å². The quantitative estimate of drug-likeness (QED) is 0.329. The molecule has 7 nitrogen and oxygen atoms in total. The number of hydrogen-bond donors (Lipinski definition) is 2. The predicted molar refractivity (Wildman–Crippen MR) is 146 cm³/mol. The first-order valence-corrected chi connectivity index (χ1v) is 14.1. The molecule has 0 amide bonds. The third kappa shape index (κ3) is 4.89. The zero-order valence-electron chi connectivity index (χ0n) is 21.1. The number of aliphatic carboxylic acids is 1. The standard InChI is InChI=1S/C30H30N2O5S/c1-20-6-15-26(16-7-20)38(35,36)27-17-11-23(18-27)30(31,29(33)34)22-9-13-25(14-10-22)37-19-24-12-8-21-4-2-3-5-28(21)32-24/h2-10,12-16,23,27H,11,17-19,31H2,1H3,(H,33,34). The van der Waals surface area contributed by atoms with Crippen molar-refractivity contribution in [3.8, 4) is 5.75 Å². The molecule has 3 unspecified atom stereocenters. The largest absolute Gasteiger partial charge is 0.487 e. The van der Waals surface area contributed by atoms with Crippen molar-refractivity contribution in [3.63, 3.8) is 0 Å². The lowest BCUT2D eigenvalue weighted by molar-refractivity contribution is -0.146. The van der Waals surface area contributed by atoms with Crippen LogP contribution in [0.2, 0.25) is 0 Å². The number of pyridine rings is 1. The molecule has 0 bridgehead atoms. The molecular weight excluding hydrogens is 500 g/mol. The second-order valence-corrected chi connectivity index (χ2v) is 12.2. The van der Waals surface area contributed by atoms with E-state index in [2.05, 4.69) is 4.98 Å². The first kappa shape index (κ1) is 25.9. The maximum atomic E-state index is 13.2. The van der Waals surface area contributed by atoms with Gasteiger partial charge in [0.05, 0.1) is 21.4 Å². The fourth-order valence-corrected chi connectivity index (χ4v) is 7.09. The van der Waals surface area contributed by atoms with Gasteiger partial charge >= 0.3 is 5.97 Å². The van der Waals surface area contributed by atoms with Crippen LogP contribution >= 0.6 is 0 Å². The van der Waals surface area contributed by atoms with Crippen LogP contribution in [0, 0.1) is 12.8 Å². The number of nitrogens with two attached hydrogens (primary N) is 1. The van der Waals surface area contributed by atoms with Crippen LogP contribution in [0.4, 0.5) is 0 Å². The van der Waals surface area contributed by atoms with Gasteiger partial charge in [-0.1, -0.05) is 54.1 Å². The highest BCUT2D eigenvalue weighted by molar-refractivity contribution is 7.92. The average Bonchev–Trinajstić information content (AvgIpc) is 3.44. The molecule has 0 saturated heterocycles. The summed E-state index contributed by atoms with van der Waals surface area (Å²) in [6.45, 7) is 2.16. The van der Waals surface area contributed by atoms with E-state index in [-0.39, 0.29) is 17.9 Å². The van der Waals surface area contributed by atoms with E-state index in [0.29, 0.717) is 24.2 Å². The molecule has 0 spiro atoms. The number of carboxylic acid groups (broad SMARTS) is 1. The highest BCUT2D eigenvalue weighted by Gasteiger charge is 2.49. The average molecular weight is 531 g/mol. The minimum Gasteiger partial charge on any atom is -0.487 e. The van der Waals surface area contributed by atoms with Gasteiger partial charge in [0.25, 0.3) is 0 Å². The van der Waals surface area contributed by atoms with Gasteiger partial charge in [0.15, 0.2) is 9.84 Å². The van der Waals surface area contributed by atoms with E-state index in [0.717, 1.165) is 22.2 Å². The molecular formula is C30H30N2O5S. The van der Waals surface area contributed by atoms with E-state index in [1.165, 1.54) is 0 Å².